The SMILES string of the molecule is CCn1cc(C)nc1Nc1cccc(F)c1F. The molecule has 0 aliphatic heterocycles. The van der Waals surface area contributed by atoms with Crippen molar-refractivity contribution in [2.24, 2.45) is 0 Å². The van der Waals surface area contributed by atoms with E-state index in [0.717, 1.165) is 11.8 Å². The third kappa shape index (κ3) is 2.27. The molecule has 3 nitrogen and oxygen atoms in total. The van der Waals surface area contributed by atoms with Crippen LogP contribution < -0.4 is 5.32 Å². The molecule has 17 heavy (non-hydrogen) atoms. The molecule has 0 aliphatic carbocycles. The predicted molar refractivity (Wildman–Crippen MR) is 62.3 cm³/mol. The van der Waals surface area contributed by atoms with Crippen molar-refractivity contribution in [2.75, 3.05) is 5.32 Å². The van der Waals surface area contributed by atoms with Gasteiger partial charge in [-0.2, -0.15) is 0 Å². The molecule has 5 heteroatoms. The van der Waals surface area contributed by atoms with Gasteiger partial charge in [0.05, 0.1) is 11.4 Å². The number of nitrogens with one attached hydrogen (secondary N) is 1. The van der Waals surface area contributed by atoms with Gasteiger partial charge in [-0.25, -0.2) is 13.8 Å². The Morgan fingerprint density at radius 3 is 2.82 bits per heavy atom. The molecular formula is C12H13F2N3. The average molecular weight is 237 g/mol. The molecule has 0 bridgehead atoms. The van der Waals surface area contributed by atoms with Crippen LogP contribution in [0, 0.1) is 18.6 Å². The number of aromatic nitrogens is 2. The Bertz CT molecular complexity index is 535. The number of hydrogen-bond acceptors (Lipinski definition) is 2. The van der Waals surface area contributed by atoms with Crippen LogP contribution in [-0.2, 0) is 6.54 Å². The van der Waals surface area contributed by atoms with Crippen molar-refractivity contribution in [2.45, 2.75) is 20.4 Å². The molecule has 0 spiro atoms. The first kappa shape index (κ1) is 11.6. The zero-order chi connectivity index (χ0) is 12.4. The van der Waals surface area contributed by atoms with Gasteiger partial charge in [-0.1, -0.05) is 6.07 Å². The number of nitrogens with zero attached hydrogens (tertiary/aromatic N) is 2. The van der Waals surface area contributed by atoms with Gasteiger partial charge in [-0.15, -0.1) is 0 Å². The van der Waals surface area contributed by atoms with Gasteiger partial charge in [0, 0.05) is 12.7 Å². The van der Waals surface area contributed by atoms with Crippen LogP contribution in [0.5, 0.6) is 0 Å². The number of rotatable bonds is 3. The van der Waals surface area contributed by atoms with E-state index in [9.17, 15) is 8.78 Å². The minimum atomic E-state index is -0.893. The normalized spacial score (nSPS) is 10.6. The van der Waals surface area contributed by atoms with E-state index in [1.807, 2.05) is 24.6 Å². The lowest BCUT2D eigenvalue weighted by atomic mass is 10.3. The van der Waals surface area contributed by atoms with Crippen LogP contribution in [0.15, 0.2) is 24.4 Å². The summed E-state index contributed by atoms with van der Waals surface area (Å²) in [7, 11) is 0. The van der Waals surface area contributed by atoms with E-state index in [2.05, 4.69) is 10.3 Å². The molecule has 90 valence electrons. The Labute approximate surface area is 98.1 Å². The van der Waals surface area contributed by atoms with Gasteiger partial charge < -0.3 is 9.88 Å². The van der Waals surface area contributed by atoms with Gasteiger partial charge in [0.2, 0.25) is 5.95 Å². The average Bonchev–Trinajstić information content (AvgIpc) is 2.65. The Morgan fingerprint density at radius 2 is 2.12 bits per heavy atom. The van der Waals surface area contributed by atoms with Gasteiger partial charge in [-0.05, 0) is 26.0 Å². The Kier molecular flexibility index (Phi) is 3.08. The smallest absolute Gasteiger partial charge is 0.207 e. The van der Waals surface area contributed by atoms with Crippen LogP contribution in [0.4, 0.5) is 20.4 Å². The van der Waals surface area contributed by atoms with E-state index in [4.69, 9.17) is 0 Å². The summed E-state index contributed by atoms with van der Waals surface area (Å²) in [6.45, 7) is 4.51. The summed E-state index contributed by atoms with van der Waals surface area (Å²) < 4.78 is 28.3. The maximum atomic E-state index is 13.5. The van der Waals surface area contributed by atoms with Gasteiger partial charge in [0.25, 0.3) is 0 Å². The topological polar surface area (TPSA) is 29.9 Å². The van der Waals surface area contributed by atoms with E-state index in [1.54, 1.807) is 0 Å². The highest BCUT2D eigenvalue weighted by molar-refractivity contribution is 5.54. The van der Waals surface area contributed by atoms with E-state index < -0.39 is 11.6 Å². The maximum absolute atomic E-state index is 13.5. The number of anilines is 2. The molecule has 1 heterocycles. The first-order chi connectivity index (χ1) is 8.11. The zero-order valence-corrected chi connectivity index (χ0v) is 9.67. The maximum Gasteiger partial charge on any atom is 0.207 e. The summed E-state index contributed by atoms with van der Waals surface area (Å²) in [5, 5.41) is 2.79. The molecule has 0 atom stereocenters. The summed E-state index contributed by atoms with van der Waals surface area (Å²) in [4.78, 5) is 4.21. The van der Waals surface area contributed by atoms with Crippen LogP contribution in [0.2, 0.25) is 0 Å². The summed E-state index contributed by atoms with van der Waals surface area (Å²) in [5.41, 5.74) is 0.913. The van der Waals surface area contributed by atoms with Crippen LogP contribution in [0.25, 0.3) is 0 Å². The first-order valence-electron chi connectivity index (χ1n) is 5.36. The Balaban J connectivity index is 2.34. The molecule has 1 aromatic heterocycles. The summed E-state index contributed by atoms with van der Waals surface area (Å²) >= 11 is 0. The second-order valence-electron chi connectivity index (χ2n) is 3.72. The summed E-state index contributed by atoms with van der Waals surface area (Å²) in [6, 6.07) is 4.01. The minimum absolute atomic E-state index is 0.0882. The molecule has 0 radical (unpaired) electrons. The van der Waals surface area contributed by atoms with E-state index in [0.29, 0.717) is 12.5 Å². The highest BCUT2D eigenvalue weighted by Gasteiger charge is 2.10. The number of aryl methyl sites for hydroxylation is 2. The van der Waals surface area contributed by atoms with Crippen LogP contribution in [0.1, 0.15) is 12.6 Å². The van der Waals surface area contributed by atoms with E-state index in [1.165, 1.54) is 12.1 Å². The monoisotopic (exact) mass is 237 g/mol. The Hall–Kier alpha value is -1.91. The lowest BCUT2D eigenvalue weighted by Crippen LogP contribution is -2.03. The van der Waals surface area contributed by atoms with Crippen molar-refractivity contribution in [1.29, 1.82) is 0 Å². The van der Waals surface area contributed by atoms with Crippen molar-refractivity contribution in [3.05, 3.63) is 41.7 Å². The molecule has 0 saturated carbocycles. The van der Waals surface area contributed by atoms with Gasteiger partial charge >= 0.3 is 0 Å². The molecule has 1 aromatic carbocycles. The molecule has 0 aliphatic rings. The highest BCUT2D eigenvalue weighted by atomic mass is 19.2. The van der Waals surface area contributed by atoms with Crippen LogP contribution in [-0.4, -0.2) is 9.55 Å². The first-order valence-corrected chi connectivity index (χ1v) is 5.36. The molecule has 0 fully saturated rings. The summed E-state index contributed by atoms with van der Waals surface area (Å²) in [6.07, 6.45) is 1.85. The second-order valence-corrected chi connectivity index (χ2v) is 3.72. The molecular weight excluding hydrogens is 224 g/mol. The van der Waals surface area contributed by atoms with Crippen molar-refractivity contribution in [3.8, 4) is 0 Å². The number of benzene rings is 1. The van der Waals surface area contributed by atoms with E-state index >= 15 is 0 Å². The van der Waals surface area contributed by atoms with E-state index in [-0.39, 0.29) is 5.69 Å². The number of imidazole rings is 1. The quantitative estimate of drug-likeness (QED) is 0.888. The van der Waals surface area contributed by atoms with Crippen molar-refractivity contribution < 1.29 is 8.78 Å². The third-order valence-corrected chi connectivity index (χ3v) is 2.44. The molecule has 0 amide bonds. The van der Waals surface area contributed by atoms with Crippen molar-refractivity contribution in [1.82, 2.24) is 9.55 Å². The third-order valence-electron chi connectivity index (χ3n) is 2.44. The minimum Gasteiger partial charge on any atom is -0.323 e. The molecule has 2 aromatic rings. The lowest BCUT2D eigenvalue weighted by molar-refractivity contribution is 0.511. The standard InChI is InChI=1S/C12H13F2N3/c1-3-17-7-8(2)15-12(17)16-10-6-4-5-9(13)11(10)14/h4-7H,3H2,1-2H3,(H,15,16). The highest BCUT2D eigenvalue weighted by Crippen LogP contribution is 2.21. The van der Waals surface area contributed by atoms with Crippen LogP contribution in [0.3, 0.4) is 0 Å². The largest absolute Gasteiger partial charge is 0.323 e. The second kappa shape index (κ2) is 4.53. The van der Waals surface area contributed by atoms with Gasteiger partial charge in [0.15, 0.2) is 11.6 Å². The van der Waals surface area contributed by atoms with Crippen LogP contribution >= 0.6 is 0 Å². The summed E-state index contributed by atoms with van der Waals surface area (Å²) in [5.74, 6) is -1.26. The fourth-order valence-corrected chi connectivity index (χ4v) is 1.61. The fourth-order valence-electron chi connectivity index (χ4n) is 1.61. The zero-order valence-electron chi connectivity index (χ0n) is 9.67. The predicted octanol–water partition coefficient (Wildman–Crippen LogP) is 3.23. The van der Waals surface area contributed by atoms with Gasteiger partial charge in [-0.3, -0.25) is 0 Å². The molecule has 2 rings (SSSR count). The number of hydrogen-bond donors (Lipinski definition) is 1. The Morgan fingerprint density at radius 1 is 1.35 bits per heavy atom. The van der Waals surface area contributed by atoms with Crippen molar-refractivity contribution >= 4 is 11.6 Å². The molecule has 0 unspecified atom stereocenters. The fraction of sp³-hybridized carbons (Fsp3) is 0.250. The number of halogens is 2. The van der Waals surface area contributed by atoms with Crippen molar-refractivity contribution in [3.63, 3.8) is 0 Å². The molecule has 1 N–H and O–H groups in total. The lowest BCUT2D eigenvalue weighted by Gasteiger charge is -2.08. The van der Waals surface area contributed by atoms with Gasteiger partial charge in [0.1, 0.15) is 0 Å². The molecule has 0 saturated heterocycles.